The van der Waals surface area contributed by atoms with Gasteiger partial charge in [0.05, 0.1) is 12.8 Å². The van der Waals surface area contributed by atoms with E-state index in [1.807, 2.05) is 62.6 Å². The number of rotatable bonds is 4. The molecule has 3 aromatic rings. The number of para-hydroxylation sites is 1. The zero-order valence-electron chi connectivity index (χ0n) is 17.2. The standard InChI is InChI=1S/C22H22N4O3S/c1-5-18(27)26-16-9-7-6-8-15(16)19-20(23-22(30-4)25-24-19)29-21(26)14-10-11-17(28-3)13(2)12-14/h6-12,21H,5H2,1-4H3/t21-/m1/s1. The molecule has 0 spiro atoms. The molecule has 2 heterocycles. The molecule has 0 unspecified atom stereocenters. The molecule has 2 aromatic carbocycles. The number of aromatic nitrogens is 3. The fourth-order valence-electron chi connectivity index (χ4n) is 3.51. The molecule has 1 aromatic heterocycles. The first kappa shape index (κ1) is 20.2. The Kier molecular flexibility index (Phi) is 5.59. The van der Waals surface area contributed by atoms with Gasteiger partial charge in [0.1, 0.15) is 5.75 Å². The summed E-state index contributed by atoms with van der Waals surface area (Å²) in [4.78, 5) is 19.3. The number of benzene rings is 2. The normalized spacial score (nSPS) is 14.9. The molecule has 0 fully saturated rings. The number of carbonyl (C=O) groups is 1. The molecule has 0 saturated heterocycles. The van der Waals surface area contributed by atoms with E-state index >= 15 is 0 Å². The third-order valence-electron chi connectivity index (χ3n) is 4.97. The van der Waals surface area contributed by atoms with E-state index < -0.39 is 6.23 Å². The predicted molar refractivity (Wildman–Crippen MR) is 116 cm³/mol. The second-order valence-corrected chi connectivity index (χ2v) is 7.56. The van der Waals surface area contributed by atoms with Crippen LogP contribution in [0.1, 0.15) is 30.7 Å². The number of carbonyl (C=O) groups excluding carboxylic acids is 1. The van der Waals surface area contributed by atoms with Gasteiger partial charge in [-0.25, -0.2) is 0 Å². The molecule has 0 aliphatic carbocycles. The molecule has 0 bridgehead atoms. The number of hydrogen-bond acceptors (Lipinski definition) is 7. The molecule has 0 saturated carbocycles. The minimum absolute atomic E-state index is 0.0632. The molecule has 4 rings (SSSR count). The summed E-state index contributed by atoms with van der Waals surface area (Å²) in [6.07, 6.45) is 1.51. The summed E-state index contributed by atoms with van der Waals surface area (Å²) in [6.45, 7) is 3.80. The molecule has 154 valence electrons. The monoisotopic (exact) mass is 422 g/mol. The first-order valence-corrected chi connectivity index (χ1v) is 10.8. The van der Waals surface area contributed by atoms with Crippen molar-refractivity contribution in [2.45, 2.75) is 31.7 Å². The highest BCUT2D eigenvalue weighted by molar-refractivity contribution is 7.98. The molecule has 1 aliphatic rings. The molecular weight excluding hydrogens is 400 g/mol. The highest BCUT2D eigenvalue weighted by atomic mass is 32.2. The van der Waals surface area contributed by atoms with Crippen LogP contribution in [0, 0.1) is 6.92 Å². The van der Waals surface area contributed by atoms with Gasteiger partial charge in [-0.1, -0.05) is 36.9 Å². The van der Waals surface area contributed by atoms with Crippen LogP contribution in [0.4, 0.5) is 5.69 Å². The van der Waals surface area contributed by atoms with Gasteiger partial charge in [0.2, 0.25) is 23.2 Å². The second kappa shape index (κ2) is 8.31. The maximum absolute atomic E-state index is 13.1. The van der Waals surface area contributed by atoms with Crippen LogP contribution in [-0.4, -0.2) is 34.5 Å². The van der Waals surface area contributed by atoms with E-state index in [9.17, 15) is 4.79 Å². The van der Waals surface area contributed by atoms with Gasteiger partial charge in [-0.15, -0.1) is 10.2 Å². The lowest BCUT2D eigenvalue weighted by Crippen LogP contribution is -2.37. The molecule has 1 amide bonds. The van der Waals surface area contributed by atoms with Crippen LogP contribution in [0.2, 0.25) is 0 Å². The molecule has 8 heteroatoms. The van der Waals surface area contributed by atoms with Crippen molar-refractivity contribution in [3.05, 3.63) is 53.6 Å². The number of hydrogen-bond donors (Lipinski definition) is 0. The van der Waals surface area contributed by atoms with Gasteiger partial charge in [-0.2, -0.15) is 4.98 Å². The van der Waals surface area contributed by atoms with Crippen molar-refractivity contribution >= 4 is 23.4 Å². The highest BCUT2D eigenvalue weighted by Crippen LogP contribution is 2.43. The topological polar surface area (TPSA) is 77.4 Å². The minimum Gasteiger partial charge on any atom is -0.496 e. The molecular formula is C22H22N4O3S. The second-order valence-electron chi connectivity index (χ2n) is 6.79. The van der Waals surface area contributed by atoms with E-state index in [1.165, 1.54) is 11.8 Å². The van der Waals surface area contributed by atoms with Crippen molar-refractivity contribution in [1.82, 2.24) is 15.2 Å². The lowest BCUT2D eigenvalue weighted by atomic mass is 10.1. The fraction of sp³-hybridized carbons (Fsp3) is 0.273. The Hall–Kier alpha value is -3.13. The minimum atomic E-state index is -0.698. The number of fused-ring (bicyclic) bond motifs is 3. The number of thioether (sulfide) groups is 1. The van der Waals surface area contributed by atoms with Crippen LogP contribution < -0.4 is 14.4 Å². The summed E-state index contributed by atoms with van der Waals surface area (Å²) >= 11 is 1.38. The van der Waals surface area contributed by atoms with E-state index in [4.69, 9.17) is 9.47 Å². The number of nitrogens with zero attached hydrogens (tertiary/aromatic N) is 4. The lowest BCUT2D eigenvalue weighted by molar-refractivity contribution is -0.120. The van der Waals surface area contributed by atoms with Crippen molar-refractivity contribution in [2.24, 2.45) is 0 Å². The maximum Gasteiger partial charge on any atom is 0.247 e. The number of aryl methyl sites for hydroxylation is 1. The molecule has 0 N–H and O–H groups in total. The van der Waals surface area contributed by atoms with E-state index in [0.717, 1.165) is 28.1 Å². The van der Waals surface area contributed by atoms with E-state index in [-0.39, 0.29) is 5.91 Å². The van der Waals surface area contributed by atoms with Gasteiger partial charge in [0, 0.05) is 17.5 Å². The quantitative estimate of drug-likeness (QED) is 0.576. The SMILES string of the molecule is CCC(=O)N1c2ccccc2-c2nnc(SC)nc2O[C@@H]1c1ccc(OC)c(C)c1. The van der Waals surface area contributed by atoms with E-state index in [1.54, 1.807) is 12.0 Å². The smallest absolute Gasteiger partial charge is 0.247 e. The largest absolute Gasteiger partial charge is 0.496 e. The van der Waals surface area contributed by atoms with Crippen molar-refractivity contribution in [3.63, 3.8) is 0 Å². The molecule has 1 atom stereocenters. The van der Waals surface area contributed by atoms with Crippen LogP contribution in [0.3, 0.4) is 0 Å². The predicted octanol–water partition coefficient (Wildman–Crippen LogP) is 4.41. The Balaban J connectivity index is 1.96. The summed E-state index contributed by atoms with van der Waals surface area (Å²) in [6, 6.07) is 13.4. The fourth-order valence-corrected chi connectivity index (χ4v) is 3.81. The van der Waals surface area contributed by atoms with Gasteiger partial charge in [0.15, 0.2) is 5.69 Å². The van der Waals surface area contributed by atoms with E-state index in [0.29, 0.717) is 23.2 Å². The Labute approximate surface area is 179 Å². The summed E-state index contributed by atoms with van der Waals surface area (Å²) in [5.41, 5.74) is 3.77. The van der Waals surface area contributed by atoms with Crippen LogP contribution in [-0.2, 0) is 4.79 Å². The van der Waals surface area contributed by atoms with Gasteiger partial charge in [-0.3, -0.25) is 9.69 Å². The summed E-state index contributed by atoms with van der Waals surface area (Å²) < 4.78 is 11.8. The molecule has 1 aliphatic heterocycles. The van der Waals surface area contributed by atoms with Gasteiger partial charge in [-0.05, 0) is 43.0 Å². The zero-order valence-corrected chi connectivity index (χ0v) is 18.1. The number of anilines is 1. The molecule has 7 nitrogen and oxygen atoms in total. The first-order valence-electron chi connectivity index (χ1n) is 9.58. The van der Waals surface area contributed by atoms with Crippen molar-refractivity contribution in [2.75, 3.05) is 18.3 Å². The van der Waals surface area contributed by atoms with Crippen LogP contribution in [0.15, 0.2) is 47.6 Å². The van der Waals surface area contributed by atoms with Crippen molar-refractivity contribution < 1.29 is 14.3 Å². The first-order chi connectivity index (χ1) is 14.6. The Morgan fingerprint density at radius 1 is 1.23 bits per heavy atom. The number of ether oxygens (including phenoxy) is 2. The number of methoxy groups -OCH3 is 1. The van der Waals surface area contributed by atoms with Gasteiger partial charge < -0.3 is 9.47 Å². The van der Waals surface area contributed by atoms with Gasteiger partial charge >= 0.3 is 0 Å². The highest BCUT2D eigenvalue weighted by Gasteiger charge is 2.35. The van der Waals surface area contributed by atoms with Crippen molar-refractivity contribution in [3.8, 4) is 22.9 Å². The Bertz CT molecular complexity index is 1110. The average Bonchev–Trinajstić information content (AvgIpc) is 2.92. The number of amides is 1. The zero-order chi connectivity index (χ0) is 21.3. The summed E-state index contributed by atoms with van der Waals surface area (Å²) in [7, 11) is 1.64. The van der Waals surface area contributed by atoms with Gasteiger partial charge in [0.25, 0.3) is 0 Å². The molecule has 30 heavy (non-hydrogen) atoms. The van der Waals surface area contributed by atoms with E-state index in [2.05, 4.69) is 15.2 Å². The van der Waals surface area contributed by atoms with Crippen LogP contribution in [0.5, 0.6) is 11.6 Å². The third-order valence-corrected chi connectivity index (χ3v) is 5.51. The third kappa shape index (κ3) is 3.47. The maximum atomic E-state index is 13.1. The average molecular weight is 423 g/mol. The summed E-state index contributed by atoms with van der Waals surface area (Å²) in [5, 5.41) is 9.05. The Morgan fingerprint density at radius 2 is 2.03 bits per heavy atom. The van der Waals surface area contributed by atoms with Crippen LogP contribution in [0.25, 0.3) is 11.3 Å². The summed E-state index contributed by atoms with van der Waals surface area (Å²) in [5.74, 6) is 1.06. The Morgan fingerprint density at radius 3 is 2.73 bits per heavy atom. The van der Waals surface area contributed by atoms with Crippen LogP contribution >= 0.6 is 11.8 Å². The lowest BCUT2D eigenvalue weighted by Gasteiger charge is -2.31. The van der Waals surface area contributed by atoms with Crippen molar-refractivity contribution in [1.29, 1.82) is 0 Å². The molecule has 0 radical (unpaired) electrons.